The minimum Gasteiger partial charge on any atom is -0.479 e. The minimum atomic E-state index is -0.524. The zero-order valence-electron chi connectivity index (χ0n) is 12.9. The Hall–Kier alpha value is -1.30. The highest BCUT2D eigenvalue weighted by Gasteiger charge is 2.19. The molecule has 0 radical (unpaired) electrons. The summed E-state index contributed by atoms with van der Waals surface area (Å²) in [5.41, 5.74) is 0. The van der Waals surface area contributed by atoms with Crippen molar-refractivity contribution in [2.45, 2.75) is 19.4 Å². The second-order valence-corrected chi connectivity index (χ2v) is 5.60. The Labute approximate surface area is 136 Å². The maximum absolute atomic E-state index is 12.2. The molecular formula is C16H23ClN2O3. The Morgan fingerprint density at radius 1 is 1.41 bits per heavy atom. The van der Waals surface area contributed by atoms with Crippen LogP contribution in [0.1, 0.15) is 13.3 Å². The third kappa shape index (κ3) is 5.16. The molecule has 1 heterocycles. The first-order valence-corrected chi connectivity index (χ1v) is 8.07. The molecule has 2 rings (SSSR count). The van der Waals surface area contributed by atoms with Crippen LogP contribution in [0.3, 0.4) is 0 Å². The van der Waals surface area contributed by atoms with Crippen LogP contribution in [0.4, 0.5) is 0 Å². The molecule has 5 nitrogen and oxygen atoms in total. The standard InChI is InChI=1S/C16H23ClN2O3/c1-2-14(22-15-6-4-3-5-13(15)17)16(20)18-7-8-19-9-11-21-12-10-19/h3-6,14H,2,7-12H2,1H3,(H,18,20). The molecule has 1 fully saturated rings. The molecule has 0 aliphatic carbocycles. The molecule has 0 spiro atoms. The molecule has 0 saturated carbocycles. The zero-order valence-corrected chi connectivity index (χ0v) is 13.6. The number of nitrogens with zero attached hydrogens (tertiary/aromatic N) is 1. The Morgan fingerprint density at radius 3 is 2.82 bits per heavy atom. The number of rotatable bonds is 7. The lowest BCUT2D eigenvalue weighted by Crippen LogP contribution is -2.44. The van der Waals surface area contributed by atoms with Crippen molar-refractivity contribution in [1.29, 1.82) is 0 Å². The third-order valence-electron chi connectivity index (χ3n) is 3.60. The van der Waals surface area contributed by atoms with Crippen LogP contribution in [-0.2, 0) is 9.53 Å². The highest BCUT2D eigenvalue weighted by atomic mass is 35.5. The Kier molecular flexibility index (Phi) is 6.96. The van der Waals surface area contributed by atoms with Crippen molar-refractivity contribution in [3.05, 3.63) is 29.3 Å². The van der Waals surface area contributed by atoms with Crippen LogP contribution in [0.25, 0.3) is 0 Å². The molecule has 1 aliphatic rings. The third-order valence-corrected chi connectivity index (χ3v) is 3.91. The minimum absolute atomic E-state index is 0.101. The van der Waals surface area contributed by atoms with Crippen LogP contribution in [0, 0.1) is 0 Å². The first kappa shape index (κ1) is 17.1. The number of carbonyl (C=O) groups is 1. The summed E-state index contributed by atoms with van der Waals surface area (Å²) >= 11 is 6.06. The van der Waals surface area contributed by atoms with Crippen LogP contribution >= 0.6 is 11.6 Å². The average Bonchev–Trinajstić information content (AvgIpc) is 2.55. The quantitative estimate of drug-likeness (QED) is 0.832. The molecule has 0 aromatic heterocycles. The average molecular weight is 327 g/mol. The van der Waals surface area contributed by atoms with E-state index in [0.717, 1.165) is 32.8 Å². The van der Waals surface area contributed by atoms with Gasteiger partial charge in [0.2, 0.25) is 0 Å². The first-order chi connectivity index (χ1) is 10.7. The first-order valence-electron chi connectivity index (χ1n) is 7.69. The van der Waals surface area contributed by atoms with Gasteiger partial charge < -0.3 is 14.8 Å². The fraction of sp³-hybridized carbons (Fsp3) is 0.562. The lowest BCUT2D eigenvalue weighted by molar-refractivity contribution is -0.128. The molecule has 22 heavy (non-hydrogen) atoms. The smallest absolute Gasteiger partial charge is 0.261 e. The van der Waals surface area contributed by atoms with Crippen LogP contribution in [0.5, 0.6) is 5.75 Å². The van der Waals surface area contributed by atoms with Gasteiger partial charge in [0, 0.05) is 26.2 Å². The number of morpholine rings is 1. The summed E-state index contributed by atoms with van der Waals surface area (Å²) < 4.78 is 11.0. The van der Waals surface area contributed by atoms with E-state index in [-0.39, 0.29) is 5.91 Å². The monoisotopic (exact) mass is 326 g/mol. The summed E-state index contributed by atoms with van der Waals surface area (Å²) in [6, 6.07) is 7.19. The van der Waals surface area contributed by atoms with Gasteiger partial charge in [0.05, 0.1) is 18.2 Å². The van der Waals surface area contributed by atoms with Crippen LogP contribution in [0.2, 0.25) is 5.02 Å². The Bertz CT molecular complexity index is 478. The van der Waals surface area contributed by atoms with Gasteiger partial charge in [0.15, 0.2) is 6.10 Å². The maximum atomic E-state index is 12.2. The summed E-state index contributed by atoms with van der Waals surface area (Å²) in [6.07, 6.45) is 0.0683. The van der Waals surface area contributed by atoms with E-state index in [1.54, 1.807) is 12.1 Å². The molecule has 1 N–H and O–H groups in total. The van der Waals surface area contributed by atoms with Crippen LogP contribution < -0.4 is 10.1 Å². The van der Waals surface area contributed by atoms with Crippen LogP contribution in [0.15, 0.2) is 24.3 Å². The predicted octanol–water partition coefficient (Wildman–Crippen LogP) is 1.95. The van der Waals surface area contributed by atoms with E-state index in [1.165, 1.54) is 0 Å². The maximum Gasteiger partial charge on any atom is 0.261 e. The van der Waals surface area contributed by atoms with Gasteiger partial charge in [0.25, 0.3) is 5.91 Å². The highest BCUT2D eigenvalue weighted by molar-refractivity contribution is 6.32. The molecule has 122 valence electrons. The van der Waals surface area contributed by atoms with E-state index in [9.17, 15) is 4.79 Å². The molecule has 1 aromatic rings. The predicted molar refractivity (Wildman–Crippen MR) is 86.4 cm³/mol. The van der Waals surface area contributed by atoms with Crippen LogP contribution in [-0.4, -0.2) is 56.3 Å². The van der Waals surface area contributed by atoms with E-state index in [2.05, 4.69) is 10.2 Å². The summed E-state index contributed by atoms with van der Waals surface area (Å²) in [7, 11) is 0. The van der Waals surface area contributed by atoms with Gasteiger partial charge >= 0.3 is 0 Å². The van der Waals surface area contributed by atoms with Gasteiger partial charge in [-0.05, 0) is 18.6 Å². The molecule has 1 aromatic carbocycles. The molecule has 1 amide bonds. The number of benzene rings is 1. The fourth-order valence-corrected chi connectivity index (χ4v) is 2.47. The molecule has 1 aliphatic heterocycles. The normalized spacial score (nSPS) is 17.0. The van der Waals surface area contributed by atoms with Gasteiger partial charge in [-0.2, -0.15) is 0 Å². The molecule has 1 atom stereocenters. The molecule has 0 bridgehead atoms. The SMILES string of the molecule is CCC(Oc1ccccc1Cl)C(=O)NCCN1CCOCC1. The van der Waals surface area contributed by atoms with Gasteiger partial charge in [-0.25, -0.2) is 0 Å². The van der Waals surface area contributed by atoms with Crippen molar-refractivity contribution in [2.24, 2.45) is 0 Å². The van der Waals surface area contributed by atoms with Crippen molar-refractivity contribution in [2.75, 3.05) is 39.4 Å². The highest BCUT2D eigenvalue weighted by Crippen LogP contribution is 2.24. The number of nitrogens with one attached hydrogen (secondary N) is 1. The molecule has 6 heteroatoms. The topological polar surface area (TPSA) is 50.8 Å². The Morgan fingerprint density at radius 2 is 2.14 bits per heavy atom. The summed E-state index contributed by atoms with van der Waals surface area (Å²) in [5.74, 6) is 0.440. The van der Waals surface area contributed by atoms with Gasteiger partial charge in [-0.1, -0.05) is 30.7 Å². The van der Waals surface area contributed by atoms with E-state index in [4.69, 9.17) is 21.1 Å². The number of amides is 1. The van der Waals surface area contributed by atoms with Crippen molar-refractivity contribution in [1.82, 2.24) is 10.2 Å². The Balaban J connectivity index is 1.77. The largest absolute Gasteiger partial charge is 0.479 e. The van der Waals surface area contributed by atoms with Gasteiger partial charge in [-0.15, -0.1) is 0 Å². The van der Waals surface area contributed by atoms with E-state index >= 15 is 0 Å². The van der Waals surface area contributed by atoms with Crippen molar-refractivity contribution in [3.8, 4) is 5.75 Å². The molecule has 1 saturated heterocycles. The summed E-state index contributed by atoms with van der Waals surface area (Å²) in [4.78, 5) is 14.5. The second kappa shape index (κ2) is 8.98. The van der Waals surface area contributed by atoms with Crippen molar-refractivity contribution in [3.63, 3.8) is 0 Å². The van der Waals surface area contributed by atoms with E-state index < -0.39 is 6.10 Å². The lowest BCUT2D eigenvalue weighted by atomic mass is 10.2. The zero-order chi connectivity index (χ0) is 15.8. The second-order valence-electron chi connectivity index (χ2n) is 5.19. The number of halogens is 1. The van der Waals surface area contributed by atoms with E-state index in [1.807, 2.05) is 19.1 Å². The molecule has 1 unspecified atom stereocenters. The number of ether oxygens (including phenoxy) is 2. The molecular weight excluding hydrogens is 304 g/mol. The lowest BCUT2D eigenvalue weighted by Gasteiger charge is -2.26. The number of hydrogen-bond acceptors (Lipinski definition) is 4. The van der Waals surface area contributed by atoms with Crippen molar-refractivity contribution >= 4 is 17.5 Å². The number of para-hydroxylation sites is 1. The summed E-state index contributed by atoms with van der Waals surface area (Å²) in [6.45, 7) is 6.73. The number of carbonyl (C=O) groups excluding carboxylic acids is 1. The van der Waals surface area contributed by atoms with E-state index in [0.29, 0.717) is 23.7 Å². The van der Waals surface area contributed by atoms with Gasteiger partial charge in [0.1, 0.15) is 5.75 Å². The van der Waals surface area contributed by atoms with Gasteiger partial charge in [-0.3, -0.25) is 9.69 Å². The summed E-state index contributed by atoms with van der Waals surface area (Å²) in [5, 5.41) is 3.45. The fourth-order valence-electron chi connectivity index (χ4n) is 2.29. The number of hydrogen-bond donors (Lipinski definition) is 1. The van der Waals surface area contributed by atoms with Crippen molar-refractivity contribution < 1.29 is 14.3 Å².